The zero-order valence-electron chi connectivity index (χ0n) is 8.98. The van der Waals surface area contributed by atoms with E-state index in [2.05, 4.69) is 12.0 Å². The Hall–Kier alpha value is -1.32. The number of hydrogen-bond acceptors (Lipinski definition) is 7. The molecule has 17 heavy (non-hydrogen) atoms. The minimum Gasteiger partial charge on any atom is -0.394 e. The molecule has 8 heteroatoms. The average molecular weight is 248 g/mol. The molecule has 0 aliphatic heterocycles. The van der Waals surface area contributed by atoms with Crippen molar-refractivity contribution in [2.75, 3.05) is 6.61 Å². The largest absolute Gasteiger partial charge is 0.394 e. The first-order valence-electron chi connectivity index (χ1n) is 4.76. The van der Waals surface area contributed by atoms with Gasteiger partial charge in [-0.15, -0.1) is 0 Å². The molecule has 0 rings (SSSR count). The smallest absolute Gasteiger partial charge is 0.257 e. The minimum atomic E-state index is -1.73. The topological polar surface area (TPSA) is 139 Å². The zero-order chi connectivity index (χ0) is 13.4. The standard InChI is InChI=1S/C9H16N2O6/c1-2-7(15)11-10-5(3-12)8(16)9(17)6(14)4-13/h2-3,5-6,8-10,13-14,16-17H,1,4H2,(H,11,15)/t5-,6+,8+,9+/m0/s1. The molecular formula is C9H16N2O6. The highest BCUT2D eigenvalue weighted by Gasteiger charge is 2.30. The van der Waals surface area contributed by atoms with Crippen LogP contribution in [0, 0.1) is 0 Å². The van der Waals surface area contributed by atoms with Gasteiger partial charge in [0.05, 0.1) is 6.61 Å². The number of carbonyl (C=O) groups is 2. The zero-order valence-corrected chi connectivity index (χ0v) is 8.98. The van der Waals surface area contributed by atoms with Crippen molar-refractivity contribution < 1.29 is 30.0 Å². The van der Waals surface area contributed by atoms with Crippen molar-refractivity contribution in [3.63, 3.8) is 0 Å². The van der Waals surface area contributed by atoms with Crippen LogP contribution >= 0.6 is 0 Å². The van der Waals surface area contributed by atoms with Gasteiger partial charge in [-0.1, -0.05) is 6.58 Å². The molecule has 4 atom stereocenters. The molecule has 0 aromatic carbocycles. The van der Waals surface area contributed by atoms with E-state index in [4.69, 9.17) is 10.2 Å². The van der Waals surface area contributed by atoms with E-state index in [9.17, 15) is 19.8 Å². The van der Waals surface area contributed by atoms with Crippen LogP contribution in [0.25, 0.3) is 0 Å². The summed E-state index contributed by atoms with van der Waals surface area (Å²) in [4.78, 5) is 21.4. The summed E-state index contributed by atoms with van der Waals surface area (Å²) in [6, 6.07) is -1.34. The SMILES string of the molecule is C=CC(=O)NN[C@@H](C=O)[C@@H](O)[C@H](O)[C@H](O)CO. The maximum absolute atomic E-state index is 10.8. The number of nitrogens with one attached hydrogen (secondary N) is 2. The third kappa shape index (κ3) is 5.02. The van der Waals surface area contributed by atoms with Crippen LogP contribution in [-0.2, 0) is 9.59 Å². The summed E-state index contributed by atoms with van der Waals surface area (Å²) in [5.74, 6) is -0.638. The first kappa shape index (κ1) is 15.7. The molecular weight excluding hydrogens is 232 g/mol. The Labute approximate surface area is 97.5 Å². The summed E-state index contributed by atoms with van der Waals surface area (Å²) in [6.45, 7) is 2.39. The van der Waals surface area contributed by atoms with Gasteiger partial charge in [-0.2, -0.15) is 0 Å². The van der Waals surface area contributed by atoms with Crippen molar-refractivity contribution in [1.82, 2.24) is 10.9 Å². The fraction of sp³-hybridized carbons (Fsp3) is 0.556. The molecule has 0 aliphatic carbocycles. The molecule has 8 nitrogen and oxygen atoms in total. The van der Waals surface area contributed by atoms with E-state index in [1.165, 1.54) is 0 Å². The van der Waals surface area contributed by atoms with Crippen molar-refractivity contribution in [2.45, 2.75) is 24.4 Å². The molecule has 1 amide bonds. The van der Waals surface area contributed by atoms with E-state index in [-0.39, 0.29) is 6.29 Å². The minimum absolute atomic E-state index is 0.237. The third-order valence-corrected chi connectivity index (χ3v) is 1.99. The Bertz CT molecular complexity index is 272. The fourth-order valence-electron chi connectivity index (χ4n) is 0.953. The van der Waals surface area contributed by atoms with Gasteiger partial charge in [0, 0.05) is 0 Å². The Morgan fingerprint density at radius 1 is 1.29 bits per heavy atom. The number of amides is 1. The quantitative estimate of drug-likeness (QED) is 0.148. The number of carbonyl (C=O) groups excluding carboxylic acids is 2. The van der Waals surface area contributed by atoms with E-state index < -0.39 is 36.9 Å². The van der Waals surface area contributed by atoms with Gasteiger partial charge in [-0.05, 0) is 6.08 Å². The number of rotatable bonds is 8. The van der Waals surface area contributed by atoms with Crippen molar-refractivity contribution in [3.8, 4) is 0 Å². The van der Waals surface area contributed by atoms with Crippen LogP contribution in [0.15, 0.2) is 12.7 Å². The second kappa shape index (κ2) is 7.87. The molecule has 0 unspecified atom stereocenters. The van der Waals surface area contributed by atoms with Crippen LogP contribution in [0.2, 0.25) is 0 Å². The van der Waals surface area contributed by atoms with Crippen LogP contribution < -0.4 is 10.9 Å². The fourth-order valence-corrected chi connectivity index (χ4v) is 0.953. The maximum Gasteiger partial charge on any atom is 0.257 e. The first-order valence-corrected chi connectivity index (χ1v) is 4.76. The van der Waals surface area contributed by atoms with Crippen LogP contribution in [0.3, 0.4) is 0 Å². The summed E-state index contributed by atoms with van der Waals surface area (Å²) >= 11 is 0. The van der Waals surface area contributed by atoms with E-state index in [1.807, 2.05) is 5.43 Å². The van der Waals surface area contributed by atoms with Crippen LogP contribution in [-0.4, -0.2) is 63.6 Å². The lowest BCUT2D eigenvalue weighted by molar-refractivity contribution is -0.124. The van der Waals surface area contributed by atoms with Crippen molar-refractivity contribution in [2.24, 2.45) is 0 Å². The summed E-state index contributed by atoms with van der Waals surface area (Å²) in [6.07, 6.45) is -3.85. The van der Waals surface area contributed by atoms with E-state index >= 15 is 0 Å². The Kier molecular flexibility index (Phi) is 7.26. The maximum atomic E-state index is 10.8. The molecule has 0 saturated carbocycles. The molecule has 0 aliphatic rings. The van der Waals surface area contributed by atoms with Crippen molar-refractivity contribution >= 4 is 12.2 Å². The molecule has 0 bridgehead atoms. The van der Waals surface area contributed by atoms with Crippen LogP contribution in [0.1, 0.15) is 0 Å². The second-order valence-corrected chi connectivity index (χ2v) is 3.23. The summed E-state index contributed by atoms with van der Waals surface area (Å²) in [5, 5.41) is 36.4. The van der Waals surface area contributed by atoms with Crippen LogP contribution in [0.4, 0.5) is 0 Å². The summed E-state index contributed by atoms with van der Waals surface area (Å²) in [5.41, 5.74) is 4.16. The predicted octanol–water partition coefficient (Wildman–Crippen LogP) is -3.56. The Morgan fingerprint density at radius 3 is 2.29 bits per heavy atom. The lowest BCUT2D eigenvalue weighted by atomic mass is 10.0. The molecule has 0 radical (unpaired) electrons. The molecule has 0 saturated heterocycles. The lowest BCUT2D eigenvalue weighted by Gasteiger charge is -2.26. The van der Waals surface area contributed by atoms with Gasteiger partial charge < -0.3 is 25.2 Å². The number of aliphatic hydroxyl groups is 4. The van der Waals surface area contributed by atoms with Crippen molar-refractivity contribution in [3.05, 3.63) is 12.7 Å². The highest BCUT2D eigenvalue weighted by atomic mass is 16.4. The van der Waals surface area contributed by atoms with E-state index in [0.29, 0.717) is 0 Å². The number of hydrazine groups is 1. The Balaban J connectivity index is 4.38. The van der Waals surface area contributed by atoms with Gasteiger partial charge in [0.25, 0.3) is 5.91 Å². The van der Waals surface area contributed by atoms with Gasteiger partial charge in [-0.3, -0.25) is 10.2 Å². The Morgan fingerprint density at radius 2 is 1.88 bits per heavy atom. The monoisotopic (exact) mass is 248 g/mol. The molecule has 0 heterocycles. The highest BCUT2D eigenvalue weighted by molar-refractivity contribution is 5.86. The summed E-state index contributed by atoms with van der Waals surface area (Å²) in [7, 11) is 0. The molecule has 0 aromatic heterocycles. The first-order chi connectivity index (χ1) is 7.97. The third-order valence-electron chi connectivity index (χ3n) is 1.99. The van der Waals surface area contributed by atoms with Gasteiger partial charge in [-0.25, -0.2) is 5.43 Å². The molecule has 0 fully saturated rings. The van der Waals surface area contributed by atoms with Crippen LogP contribution in [0.5, 0.6) is 0 Å². The normalized spacial score (nSPS) is 17.6. The second-order valence-electron chi connectivity index (χ2n) is 3.23. The average Bonchev–Trinajstić information content (AvgIpc) is 2.36. The predicted molar refractivity (Wildman–Crippen MR) is 56.4 cm³/mol. The van der Waals surface area contributed by atoms with Gasteiger partial charge in [0.1, 0.15) is 30.6 Å². The van der Waals surface area contributed by atoms with E-state index in [0.717, 1.165) is 6.08 Å². The summed E-state index contributed by atoms with van der Waals surface area (Å²) < 4.78 is 0. The number of aliphatic hydroxyl groups excluding tert-OH is 4. The molecule has 0 spiro atoms. The highest BCUT2D eigenvalue weighted by Crippen LogP contribution is 2.03. The van der Waals surface area contributed by atoms with E-state index in [1.54, 1.807) is 0 Å². The lowest BCUT2D eigenvalue weighted by Crippen LogP contribution is -2.56. The number of hydrogen-bond donors (Lipinski definition) is 6. The van der Waals surface area contributed by atoms with Gasteiger partial charge in [0.15, 0.2) is 0 Å². The molecule has 0 aromatic rings. The number of aldehydes is 1. The van der Waals surface area contributed by atoms with Gasteiger partial charge in [0.2, 0.25) is 0 Å². The van der Waals surface area contributed by atoms with Gasteiger partial charge >= 0.3 is 0 Å². The molecule has 98 valence electrons. The van der Waals surface area contributed by atoms with Crippen molar-refractivity contribution in [1.29, 1.82) is 0 Å². The molecule has 6 N–H and O–H groups in total.